The molecule has 0 radical (unpaired) electrons. The molecule has 0 saturated carbocycles. The normalized spacial score (nSPS) is 16.0. The van der Waals surface area contributed by atoms with E-state index in [4.69, 9.17) is 4.99 Å². The fourth-order valence-electron chi connectivity index (χ4n) is 3.06. The fraction of sp³-hybridized carbons (Fsp3) is 0.316. The summed E-state index contributed by atoms with van der Waals surface area (Å²) in [6.45, 7) is 4.15. The fourth-order valence-corrected chi connectivity index (χ4v) is 3.06. The number of hydrogen-bond acceptors (Lipinski definition) is 3. The highest BCUT2D eigenvalue weighted by Crippen LogP contribution is 2.29. The topological polar surface area (TPSA) is 35.8 Å². The number of hydrogen-bond donors (Lipinski definition) is 1. The molecule has 3 heteroatoms. The zero-order valence-corrected chi connectivity index (χ0v) is 12.9. The van der Waals surface area contributed by atoms with Crippen LogP contribution in [0.25, 0.3) is 0 Å². The third-order valence-corrected chi connectivity index (χ3v) is 3.98. The maximum atomic E-state index is 9.76. The van der Waals surface area contributed by atoms with E-state index < -0.39 is 0 Å². The molecule has 2 aromatic carbocycles. The first-order valence-corrected chi connectivity index (χ1v) is 7.83. The van der Waals surface area contributed by atoms with Crippen LogP contribution in [0.2, 0.25) is 0 Å². The van der Waals surface area contributed by atoms with Gasteiger partial charge in [-0.15, -0.1) is 0 Å². The van der Waals surface area contributed by atoms with Crippen molar-refractivity contribution < 1.29 is 5.11 Å². The Bertz CT molecular complexity index is 583. The number of aliphatic hydroxyl groups excluding tert-OH is 1. The maximum Gasteiger partial charge on any atom is 0.111 e. The van der Waals surface area contributed by atoms with Gasteiger partial charge in [-0.3, -0.25) is 4.99 Å². The van der Waals surface area contributed by atoms with Gasteiger partial charge in [-0.25, -0.2) is 0 Å². The van der Waals surface area contributed by atoms with Gasteiger partial charge >= 0.3 is 0 Å². The molecule has 0 fully saturated rings. The van der Waals surface area contributed by atoms with Crippen LogP contribution in [0.1, 0.15) is 24.0 Å². The Morgan fingerprint density at radius 2 is 1.55 bits per heavy atom. The Morgan fingerprint density at radius 1 is 1.00 bits per heavy atom. The van der Waals surface area contributed by atoms with Crippen LogP contribution in [0.5, 0.6) is 0 Å². The molecule has 0 spiro atoms. The first-order valence-electron chi connectivity index (χ1n) is 7.83. The molecule has 2 aromatic rings. The summed E-state index contributed by atoms with van der Waals surface area (Å²) in [5, 5.41) is 9.76. The van der Waals surface area contributed by atoms with E-state index in [-0.39, 0.29) is 12.0 Å². The first kappa shape index (κ1) is 14.8. The molecular weight excluding hydrogens is 272 g/mol. The Balaban J connectivity index is 1.99. The van der Waals surface area contributed by atoms with Crippen molar-refractivity contribution in [2.75, 3.05) is 19.6 Å². The van der Waals surface area contributed by atoms with Crippen molar-refractivity contribution in [3.8, 4) is 0 Å². The number of amidine groups is 1. The molecule has 1 aliphatic rings. The molecular formula is C19H22N2O. The van der Waals surface area contributed by atoms with Gasteiger partial charge in [0.25, 0.3) is 0 Å². The Hall–Kier alpha value is -2.13. The maximum absolute atomic E-state index is 9.76. The molecule has 1 aliphatic heterocycles. The van der Waals surface area contributed by atoms with Gasteiger partial charge in [0.05, 0.1) is 18.6 Å². The standard InChI is InChI=1S/C19H22N2O/c1-15(22)14-21-13-12-20-19(21)18(16-8-4-2-5-9-16)17-10-6-3-7-11-17/h2-11,15,18,22H,12-14H2,1H3. The molecule has 3 rings (SSSR count). The van der Waals surface area contributed by atoms with Crippen molar-refractivity contribution >= 4 is 5.84 Å². The average molecular weight is 294 g/mol. The van der Waals surface area contributed by atoms with Crippen LogP contribution in [0.4, 0.5) is 0 Å². The smallest absolute Gasteiger partial charge is 0.111 e. The summed E-state index contributed by atoms with van der Waals surface area (Å²) >= 11 is 0. The molecule has 1 N–H and O–H groups in total. The van der Waals surface area contributed by atoms with E-state index >= 15 is 0 Å². The number of rotatable bonds is 5. The molecule has 114 valence electrons. The second-order valence-electron chi connectivity index (χ2n) is 5.79. The lowest BCUT2D eigenvalue weighted by Gasteiger charge is -2.28. The lowest BCUT2D eigenvalue weighted by atomic mass is 9.89. The molecule has 0 amide bonds. The summed E-state index contributed by atoms with van der Waals surface area (Å²) in [4.78, 5) is 6.97. The number of aliphatic hydroxyl groups is 1. The highest BCUT2D eigenvalue weighted by Gasteiger charge is 2.28. The summed E-state index contributed by atoms with van der Waals surface area (Å²) in [6.07, 6.45) is -0.351. The zero-order valence-electron chi connectivity index (χ0n) is 12.9. The van der Waals surface area contributed by atoms with Gasteiger partial charge in [0.1, 0.15) is 5.84 Å². The van der Waals surface area contributed by atoms with Gasteiger partial charge in [0.2, 0.25) is 0 Å². The lowest BCUT2D eigenvalue weighted by molar-refractivity contribution is 0.162. The number of benzene rings is 2. The largest absolute Gasteiger partial charge is 0.392 e. The van der Waals surface area contributed by atoms with E-state index in [1.54, 1.807) is 0 Å². The molecule has 1 heterocycles. The summed E-state index contributed by atoms with van der Waals surface area (Å²) < 4.78 is 0. The molecule has 1 atom stereocenters. The van der Waals surface area contributed by atoms with Crippen LogP contribution in [-0.4, -0.2) is 41.6 Å². The highest BCUT2D eigenvalue weighted by atomic mass is 16.3. The summed E-state index contributed by atoms with van der Waals surface area (Å²) in [5.74, 6) is 1.20. The Morgan fingerprint density at radius 3 is 2.05 bits per heavy atom. The van der Waals surface area contributed by atoms with Gasteiger partial charge < -0.3 is 10.0 Å². The third-order valence-electron chi connectivity index (χ3n) is 3.98. The van der Waals surface area contributed by atoms with Gasteiger partial charge in [-0.05, 0) is 18.1 Å². The second kappa shape index (κ2) is 6.75. The predicted molar refractivity (Wildman–Crippen MR) is 90.3 cm³/mol. The monoisotopic (exact) mass is 294 g/mol. The van der Waals surface area contributed by atoms with Crippen LogP contribution in [0, 0.1) is 0 Å². The van der Waals surface area contributed by atoms with E-state index in [2.05, 4.69) is 53.4 Å². The van der Waals surface area contributed by atoms with Crippen LogP contribution in [0.3, 0.4) is 0 Å². The average Bonchev–Trinajstić information content (AvgIpc) is 2.97. The quantitative estimate of drug-likeness (QED) is 0.920. The molecule has 3 nitrogen and oxygen atoms in total. The Labute approximate surface area is 131 Å². The van der Waals surface area contributed by atoms with E-state index in [1.807, 2.05) is 19.1 Å². The van der Waals surface area contributed by atoms with Crippen molar-refractivity contribution in [2.24, 2.45) is 4.99 Å². The predicted octanol–water partition coefficient (Wildman–Crippen LogP) is 2.91. The van der Waals surface area contributed by atoms with Gasteiger partial charge in [0, 0.05) is 13.1 Å². The highest BCUT2D eigenvalue weighted by molar-refractivity contribution is 5.93. The van der Waals surface area contributed by atoms with E-state index in [0.717, 1.165) is 18.9 Å². The SMILES string of the molecule is CC(O)CN1CCN=C1C(c1ccccc1)c1ccccc1. The lowest BCUT2D eigenvalue weighted by Crippen LogP contribution is -2.37. The molecule has 1 unspecified atom stereocenters. The van der Waals surface area contributed by atoms with Gasteiger partial charge in [-0.2, -0.15) is 0 Å². The number of nitrogens with zero attached hydrogens (tertiary/aromatic N) is 2. The summed E-state index contributed by atoms with van der Waals surface area (Å²) in [5.41, 5.74) is 2.48. The summed E-state index contributed by atoms with van der Waals surface area (Å²) in [7, 11) is 0. The van der Waals surface area contributed by atoms with Gasteiger partial charge in [0.15, 0.2) is 0 Å². The van der Waals surface area contributed by atoms with E-state index in [1.165, 1.54) is 11.1 Å². The molecule has 0 saturated heterocycles. The van der Waals surface area contributed by atoms with E-state index in [0.29, 0.717) is 6.54 Å². The van der Waals surface area contributed by atoms with Crippen LogP contribution in [0.15, 0.2) is 65.7 Å². The molecule has 0 aliphatic carbocycles. The van der Waals surface area contributed by atoms with Crippen molar-refractivity contribution in [3.05, 3.63) is 71.8 Å². The minimum absolute atomic E-state index is 0.128. The third kappa shape index (κ3) is 3.20. The molecule has 0 bridgehead atoms. The van der Waals surface area contributed by atoms with Crippen molar-refractivity contribution in [2.45, 2.75) is 18.9 Å². The number of aliphatic imine (C=N–C) groups is 1. The van der Waals surface area contributed by atoms with Crippen LogP contribution >= 0.6 is 0 Å². The van der Waals surface area contributed by atoms with Crippen LogP contribution in [-0.2, 0) is 0 Å². The van der Waals surface area contributed by atoms with Gasteiger partial charge in [-0.1, -0.05) is 60.7 Å². The van der Waals surface area contributed by atoms with E-state index in [9.17, 15) is 5.11 Å². The van der Waals surface area contributed by atoms with Crippen LogP contribution < -0.4 is 0 Å². The molecule has 22 heavy (non-hydrogen) atoms. The van der Waals surface area contributed by atoms with Crippen molar-refractivity contribution in [1.29, 1.82) is 0 Å². The van der Waals surface area contributed by atoms with Crippen molar-refractivity contribution in [3.63, 3.8) is 0 Å². The second-order valence-corrected chi connectivity index (χ2v) is 5.79. The first-order chi connectivity index (χ1) is 10.8. The summed E-state index contributed by atoms with van der Waals surface area (Å²) in [6, 6.07) is 21.0. The number of β-amino-alcohol motifs (C(OH)–C–C–N with tert-alkyl or cyclic N) is 1. The zero-order chi connectivity index (χ0) is 15.4. The minimum Gasteiger partial charge on any atom is -0.392 e. The van der Waals surface area contributed by atoms with Crippen molar-refractivity contribution in [1.82, 2.24) is 4.90 Å². The molecule has 0 aromatic heterocycles. The minimum atomic E-state index is -0.351. The Kier molecular flexibility index (Phi) is 4.54.